The summed E-state index contributed by atoms with van der Waals surface area (Å²) < 4.78 is 11.1. The molecular formula is C17H22ClNO2. The molecule has 0 radical (unpaired) electrons. The Morgan fingerprint density at radius 3 is 2.81 bits per heavy atom. The zero-order valence-corrected chi connectivity index (χ0v) is 13.5. The third-order valence-corrected chi connectivity index (χ3v) is 3.66. The fraction of sp³-hybridized carbons (Fsp3) is 0.412. The monoisotopic (exact) mass is 307 g/mol. The Morgan fingerprint density at radius 1 is 1.33 bits per heavy atom. The van der Waals surface area contributed by atoms with Crippen molar-refractivity contribution >= 4 is 11.6 Å². The molecule has 0 amide bonds. The normalized spacial score (nSPS) is 11.1. The van der Waals surface area contributed by atoms with Gasteiger partial charge in [-0.3, -0.25) is 0 Å². The molecule has 114 valence electrons. The molecule has 1 aromatic heterocycles. The molecule has 0 aliphatic heterocycles. The zero-order valence-electron chi connectivity index (χ0n) is 12.8. The molecule has 0 fully saturated rings. The number of nitrogens with one attached hydrogen (secondary N) is 1. The van der Waals surface area contributed by atoms with Gasteiger partial charge in [-0.2, -0.15) is 0 Å². The molecule has 0 spiro atoms. The van der Waals surface area contributed by atoms with Gasteiger partial charge in [-0.1, -0.05) is 25.4 Å². The summed E-state index contributed by atoms with van der Waals surface area (Å²) in [5, 5.41) is 4.09. The number of hydrogen-bond donors (Lipinski definition) is 1. The van der Waals surface area contributed by atoms with E-state index in [-0.39, 0.29) is 0 Å². The summed E-state index contributed by atoms with van der Waals surface area (Å²) in [5.74, 6) is 2.22. The lowest BCUT2D eigenvalue weighted by Crippen LogP contribution is -2.20. The van der Waals surface area contributed by atoms with Crippen molar-refractivity contribution in [2.45, 2.75) is 33.2 Å². The van der Waals surface area contributed by atoms with Crippen LogP contribution in [0, 0.1) is 6.92 Å². The van der Waals surface area contributed by atoms with Crippen molar-refractivity contribution in [2.24, 2.45) is 0 Å². The quantitative estimate of drug-likeness (QED) is 0.763. The zero-order chi connectivity index (χ0) is 15.2. The van der Waals surface area contributed by atoms with E-state index >= 15 is 0 Å². The second-order valence-corrected chi connectivity index (χ2v) is 5.81. The van der Waals surface area contributed by atoms with Crippen molar-refractivity contribution in [1.82, 2.24) is 5.32 Å². The molecule has 0 saturated heterocycles. The fourth-order valence-electron chi connectivity index (χ4n) is 2.12. The van der Waals surface area contributed by atoms with E-state index in [0.717, 1.165) is 34.2 Å². The molecule has 3 nitrogen and oxygen atoms in total. The van der Waals surface area contributed by atoms with Crippen LogP contribution in [-0.2, 0) is 6.54 Å². The largest absolute Gasteiger partial charge is 0.492 e. The number of hydrogen-bond acceptors (Lipinski definition) is 3. The van der Waals surface area contributed by atoms with Crippen LogP contribution in [0.5, 0.6) is 5.75 Å². The highest BCUT2D eigenvalue weighted by Crippen LogP contribution is 2.31. The maximum Gasteiger partial charge on any atom is 0.122 e. The Kier molecular flexibility index (Phi) is 5.71. The lowest BCUT2D eigenvalue weighted by molar-refractivity contribution is 0.308. The summed E-state index contributed by atoms with van der Waals surface area (Å²) in [6, 6.07) is 7.86. The molecule has 2 aromatic rings. The molecule has 0 aliphatic rings. The third-order valence-electron chi connectivity index (χ3n) is 3.33. The second kappa shape index (κ2) is 7.53. The van der Waals surface area contributed by atoms with Crippen molar-refractivity contribution in [3.8, 4) is 5.75 Å². The van der Waals surface area contributed by atoms with E-state index in [1.807, 2.05) is 25.1 Å². The van der Waals surface area contributed by atoms with Crippen molar-refractivity contribution in [1.29, 1.82) is 0 Å². The Hall–Kier alpha value is -1.45. The van der Waals surface area contributed by atoms with E-state index in [1.165, 1.54) is 0 Å². The van der Waals surface area contributed by atoms with Crippen LogP contribution in [0.4, 0.5) is 0 Å². The minimum Gasteiger partial charge on any atom is -0.492 e. The molecule has 1 N–H and O–H groups in total. The molecule has 0 aliphatic carbocycles. The molecule has 1 aromatic carbocycles. The first kappa shape index (κ1) is 15.9. The molecule has 2 rings (SSSR count). The Labute approximate surface area is 131 Å². The van der Waals surface area contributed by atoms with Crippen LogP contribution in [0.3, 0.4) is 0 Å². The Bertz CT molecular complexity index is 564. The van der Waals surface area contributed by atoms with Gasteiger partial charge in [0.25, 0.3) is 0 Å². The highest BCUT2D eigenvalue weighted by Gasteiger charge is 2.10. The molecule has 4 heteroatoms. The predicted octanol–water partition coefficient (Wildman–Crippen LogP) is 4.53. The molecule has 0 atom stereocenters. The summed E-state index contributed by atoms with van der Waals surface area (Å²) in [7, 11) is 0. The molecule has 1 heterocycles. The number of ether oxygens (including phenoxy) is 1. The van der Waals surface area contributed by atoms with Crippen molar-refractivity contribution in [3.05, 3.63) is 52.4 Å². The lowest BCUT2D eigenvalue weighted by Gasteiger charge is -2.14. The average Bonchev–Trinajstić information content (AvgIpc) is 2.93. The first-order valence-corrected chi connectivity index (χ1v) is 7.61. The van der Waals surface area contributed by atoms with Gasteiger partial charge in [-0.25, -0.2) is 0 Å². The Balaban J connectivity index is 1.83. The van der Waals surface area contributed by atoms with Crippen LogP contribution in [0.1, 0.15) is 36.7 Å². The summed E-state index contributed by atoms with van der Waals surface area (Å²) >= 11 is 6.26. The topological polar surface area (TPSA) is 34.4 Å². The van der Waals surface area contributed by atoms with E-state index in [0.29, 0.717) is 19.1 Å². The van der Waals surface area contributed by atoms with Gasteiger partial charge in [0.1, 0.15) is 18.1 Å². The van der Waals surface area contributed by atoms with Crippen LogP contribution in [0.2, 0.25) is 5.02 Å². The molecule has 0 saturated carbocycles. The van der Waals surface area contributed by atoms with Crippen LogP contribution in [-0.4, -0.2) is 13.2 Å². The number of furan rings is 1. The molecule has 0 bridgehead atoms. The number of rotatable bonds is 7. The smallest absolute Gasteiger partial charge is 0.122 e. The van der Waals surface area contributed by atoms with Gasteiger partial charge in [0.2, 0.25) is 0 Å². The summed E-state index contributed by atoms with van der Waals surface area (Å²) in [6.07, 6.45) is 1.68. The first-order valence-electron chi connectivity index (χ1n) is 7.24. The van der Waals surface area contributed by atoms with Gasteiger partial charge in [0.15, 0.2) is 0 Å². The minimum absolute atomic E-state index is 0.387. The van der Waals surface area contributed by atoms with Crippen molar-refractivity contribution < 1.29 is 9.15 Å². The summed E-state index contributed by atoms with van der Waals surface area (Å²) in [5.41, 5.74) is 2.19. The van der Waals surface area contributed by atoms with Gasteiger partial charge in [0.05, 0.1) is 12.8 Å². The SMILES string of the molecule is Cc1cc(Cl)c(C(C)C)cc1OCCNCc1ccco1. The van der Waals surface area contributed by atoms with Crippen LogP contribution < -0.4 is 10.1 Å². The van der Waals surface area contributed by atoms with E-state index in [9.17, 15) is 0 Å². The van der Waals surface area contributed by atoms with E-state index in [2.05, 4.69) is 25.2 Å². The van der Waals surface area contributed by atoms with Crippen LogP contribution in [0.25, 0.3) is 0 Å². The third kappa shape index (κ3) is 4.51. The van der Waals surface area contributed by atoms with Gasteiger partial charge in [-0.15, -0.1) is 0 Å². The molecule has 0 unspecified atom stereocenters. The minimum atomic E-state index is 0.387. The standard InChI is InChI=1S/C17H22ClNO2/c1-12(2)15-10-17(13(3)9-16(15)18)21-8-6-19-11-14-5-4-7-20-14/h4-5,7,9-10,12,19H,6,8,11H2,1-3H3. The molecular weight excluding hydrogens is 286 g/mol. The fourth-order valence-corrected chi connectivity index (χ4v) is 2.56. The van der Waals surface area contributed by atoms with Crippen molar-refractivity contribution in [2.75, 3.05) is 13.2 Å². The first-order chi connectivity index (χ1) is 10.1. The van der Waals surface area contributed by atoms with Gasteiger partial charge >= 0.3 is 0 Å². The maximum absolute atomic E-state index is 6.26. The average molecular weight is 308 g/mol. The van der Waals surface area contributed by atoms with Crippen molar-refractivity contribution in [3.63, 3.8) is 0 Å². The lowest BCUT2D eigenvalue weighted by atomic mass is 10.0. The highest BCUT2D eigenvalue weighted by molar-refractivity contribution is 6.31. The van der Waals surface area contributed by atoms with E-state index < -0.39 is 0 Å². The van der Waals surface area contributed by atoms with E-state index in [4.69, 9.17) is 20.8 Å². The number of aryl methyl sites for hydroxylation is 1. The molecule has 21 heavy (non-hydrogen) atoms. The maximum atomic E-state index is 6.26. The van der Waals surface area contributed by atoms with Gasteiger partial charge in [-0.05, 0) is 48.2 Å². The van der Waals surface area contributed by atoms with E-state index in [1.54, 1.807) is 6.26 Å². The van der Waals surface area contributed by atoms with Gasteiger partial charge in [0, 0.05) is 11.6 Å². The number of halogens is 1. The second-order valence-electron chi connectivity index (χ2n) is 5.40. The highest BCUT2D eigenvalue weighted by atomic mass is 35.5. The van der Waals surface area contributed by atoms with Crippen LogP contribution >= 0.6 is 11.6 Å². The number of benzene rings is 1. The predicted molar refractivity (Wildman–Crippen MR) is 86.2 cm³/mol. The van der Waals surface area contributed by atoms with Crippen LogP contribution in [0.15, 0.2) is 34.9 Å². The van der Waals surface area contributed by atoms with Gasteiger partial charge < -0.3 is 14.5 Å². The summed E-state index contributed by atoms with van der Waals surface area (Å²) in [4.78, 5) is 0. The Morgan fingerprint density at radius 2 is 2.14 bits per heavy atom. The summed E-state index contributed by atoms with van der Waals surface area (Å²) in [6.45, 7) is 8.37.